The predicted molar refractivity (Wildman–Crippen MR) is 130 cm³/mol. The Bertz CT molecular complexity index is 1040. The minimum absolute atomic E-state index is 0.476. The zero-order chi connectivity index (χ0) is 22.9. The number of benzene rings is 2. The van der Waals surface area contributed by atoms with Gasteiger partial charge in [-0.25, -0.2) is 0 Å². The maximum Gasteiger partial charge on any atom is 0.191 e. The minimum Gasteiger partial charge on any atom is -0.493 e. The maximum atomic E-state index is 6.16. The molecule has 4 rings (SSSR count). The Balaban J connectivity index is 1.28. The van der Waals surface area contributed by atoms with Crippen LogP contribution in [-0.4, -0.2) is 42.6 Å². The smallest absolute Gasteiger partial charge is 0.191 e. The van der Waals surface area contributed by atoms with Gasteiger partial charge < -0.3 is 20.1 Å². The predicted octanol–water partition coefficient (Wildman–Crippen LogP) is 3.52. The van der Waals surface area contributed by atoms with Gasteiger partial charge in [-0.1, -0.05) is 42.5 Å². The van der Waals surface area contributed by atoms with Crippen molar-refractivity contribution in [2.75, 3.05) is 26.9 Å². The zero-order valence-corrected chi connectivity index (χ0v) is 19.5. The van der Waals surface area contributed by atoms with Crippen molar-refractivity contribution in [3.05, 3.63) is 83.2 Å². The van der Waals surface area contributed by atoms with Crippen molar-refractivity contribution in [1.29, 1.82) is 0 Å². The van der Waals surface area contributed by atoms with Crippen LogP contribution in [0.3, 0.4) is 0 Å². The lowest BCUT2D eigenvalue weighted by Crippen LogP contribution is -2.36. The molecule has 0 aliphatic carbocycles. The van der Waals surface area contributed by atoms with Gasteiger partial charge in [-0.2, -0.15) is 5.10 Å². The molecule has 1 saturated heterocycles. The summed E-state index contributed by atoms with van der Waals surface area (Å²) in [6.45, 7) is 6.44. The van der Waals surface area contributed by atoms with Crippen molar-refractivity contribution >= 4 is 5.96 Å². The summed E-state index contributed by atoms with van der Waals surface area (Å²) in [6.07, 6.45) is 5.02. The summed E-state index contributed by atoms with van der Waals surface area (Å²) in [4.78, 5) is 4.36. The van der Waals surface area contributed by atoms with E-state index in [1.54, 1.807) is 7.05 Å². The summed E-state index contributed by atoms with van der Waals surface area (Å²) >= 11 is 0. The van der Waals surface area contributed by atoms with Crippen LogP contribution < -0.4 is 15.4 Å². The molecule has 1 aliphatic rings. The molecule has 2 aromatic carbocycles. The number of hydrogen-bond acceptors (Lipinski definition) is 4. The quantitative estimate of drug-likeness (QED) is 0.388. The molecule has 2 N–H and O–H groups in total. The Morgan fingerprint density at radius 3 is 2.79 bits per heavy atom. The number of guanidine groups is 1. The number of nitrogens with one attached hydrogen (secondary N) is 2. The highest BCUT2D eigenvalue weighted by atomic mass is 16.5. The molecule has 1 aliphatic heterocycles. The molecule has 7 heteroatoms. The maximum absolute atomic E-state index is 6.16. The molecule has 0 bridgehead atoms. The van der Waals surface area contributed by atoms with Gasteiger partial charge in [0, 0.05) is 50.0 Å². The molecule has 2 heterocycles. The first kappa shape index (κ1) is 22.9. The van der Waals surface area contributed by atoms with E-state index < -0.39 is 0 Å². The molecule has 1 aromatic heterocycles. The number of aliphatic imine (C=N–C) groups is 1. The van der Waals surface area contributed by atoms with Crippen LogP contribution in [0.15, 0.2) is 65.9 Å². The Kier molecular flexibility index (Phi) is 7.98. The largest absolute Gasteiger partial charge is 0.493 e. The Labute approximate surface area is 195 Å². The minimum atomic E-state index is 0.476. The second-order valence-electron chi connectivity index (χ2n) is 8.46. The second-order valence-corrected chi connectivity index (χ2v) is 8.46. The number of nitrogens with zero attached hydrogens (tertiary/aromatic N) is 3. The van der Waals surface area contributed by atoms with E-state index in [0.29, 0.717) is 25.6 Å². The fraction of sp³-hybridized carbons (Fsp3) is 0.385. The molecule has 3 aromatic rings. The van der Waals surface area contributed by atoms with E-state index >= 15 is 0 Å². The first-order valence-corrected chi connectivity index (χ1v) is 11.5. The van der Waals surface area contributed by atoms with Gasteiger partial charge in [-0.05, 0) is 30.5 Å². The molecule has 7 nitrogen and oxygen atoms in total. The van der Waals surface area contributed by atoms with Gasteiger partial charge in [0.1, 0.15) is 5.75 Å². The van der Waals surface area contributed by atoms with E-state index in [9.17, 15) is 0 Å². The van der Waals surface area contributed by atoms with Crippen LogP contribution in [-0.2, 0) is 24.4 Å². The van der Waals surface area contributed by atoms with Crippen molar-refractivity contribution in [3.8, 4) is 5.75 Å². The van der Waals surface area contributed by atoms with Crippen molar-refractivity contribution in [2.24, 2.45) is 10.9 Å². The Morgan fingerprint density at radius 1 is 1.15 bits per heavy atom. The van der Waals surface area contributed by atoms with Crippen LogP contribution in [0.25, 0.3) is 0 Å². The standard InChI is InChI=1S/C26H33N5O2/c1-20-8-9-24(25(12-20)33-19-22-10-11-32-18-22)15-29-26(27-2)28-13-23-14-30-31(17-23)16-21-6-4-3-5-7-21/h3-9,12,14,17,22H,10-11,13,15-16,18-19H2,1-2H3,(H2,27,28,29). The van der Waals surface area contributed by atoms with Crippen LogP contribution in [0.1, 0.15) is 28.7 Å². The van der Waals surface area contributed by atoms with Crippen molar-refractivity contribution in [2.45, 2.75) is 33.0 Å². The average Bonchev–Trinajstić information content (AvgIpc) is 3.51. The number of rotatable bonds is 9. The van der Waals surface area contributed by atoms with E-state index in [-0.39, 0.29) is 0 Å². The van der Waals surface area contributed by atoms with Crippen LogP contribution in [0.2, 0.25) is 0 Å². The van der Waals surface area contributed by atoms with Gasteiger partial charge in [0.25, 0.3) is 0 Å². The summed E-state index contributed by atoms with van der Waals surface area (Å²) in [5.41, 5.74) is 4.63. The lowest BCUT2D eigenvalue weighted by molar-refractivity contribution is 0.166. The third-order valence-corrected chi connectivity index (χ3v) is 5.73. The Morgan fingerprint density at radius 2 is 2.00 bits per heavy atom. The van der Waals surface area contributed by atoms with Gasteiger partial charge in [-0.3, -0.25) is 9.67 Å². The summed E-state index contributed by atoms with van der Waals surface area (Å²) in [5.74, 6) is 2.14. The monoisotopic (exact) mass is 447 g/mol. The highest BCUT2D eigenvalue weighted by Gasteiger charge is 2.17. The lowest BCUT2D eigenvalue weighted by atomic mass is 10.1. The first-order valence-electron chi connectivity index (χ1n) is 11.5. The molecular formula is C26H33N5O2. The van der Waals surface area contributed by atoms with E-state index in [1.807, 2.05) is 29.1 Å². The average molecular weight is 448 g/mol. The molecule has 33 heavy (non-hydrogen) atoms. The molecule has 1 unspecified atom stereocenters. The third-order valence-electron chi connectivity index (χ3n) is 5.73. The van der Waals surface area contributed by atoms with E-state index in [4.69, 9.17) is 9.47 Å². The van der Waals surface area contributed by atoms with Crippen LogP contribution in [0.4, 0.5) is 0 Å². The van der Waals surface area contributed by atoms with Crippen molar-refractivity contribution in [1.82, 2.24) is 20.4 Å². The number of hydrogen-bond donors (Lipinski definition) is 2. The summed E-state index contributed by atoms with van der Waals surface area (Å²) in [7, 11) is 1.78. The van der Waals surface area contributed by atoms with Crippen molar-refractivity contribution < 1.29 is 9.47 Å². The normalized spacial score (nSPS) is 16.1. The number of aromatic nitrogens is 2. The fourth-order valence-electron chi connectivity index (χ4n) is 3.80. The SMILES string of the molecule is CN=C(NCc1cnn(Cc2ccccc2)c1)NCc1ccc(C)cc1OCC1CCOC1. The highest BCUT2D eigenvalue weighted by molar-refractivity contribution is 5.79. The van der Waals surface area contributed by atoms with Crippen LogP contribution in [0.5, 0.6) is 5.75 Å². The van der Waals surface area contributed by atoms with Gasteiger partial charge >= 0.3 is 0 Å². The second kappa shape index (κ2) is 11.5. The van der Waals surface area contributed by atoms with Gasteiger partial charge in [0.05, 0.1) is 26.0 Å². The molecule has 0 saturated carbocycles. The van der Waals surface area contributed by atoms with Crippen molar-refractivity contribution in [3.63, 3.8) is 0 Å². The molecule has 1 fully saturated rings. The molecular weight excluding hydrogens is 414 g/mol. The van der Waals surface area contributed by atoms with Crippen LogP contribution in [0, 0.1) is 12.8 Å². The zero-order valence-electron chi connectivity index (χ0n) is 19.5. The lowest BCUT2D eigenvalue weighted by Gasteiger charge is -2.16. The molecule has 0 spiro atoms. The van der Waals surface area contributed by atoms with E-state index in [2.05, 4.69) is 64.2 Å². The van der Waals surface area contributed by atoms with E-state index in [1.165, 1.54) is 11.1 Å². The molecule has 174 valence electrons. The first-order chi connectivity index (χ1) is 16.2. The topological polar surface area (TPSA) is 72.7 Å². The molecule has 0 amide bonds. The van der Waals surface area contributed by atoms with Gasteiger partial charge in [0.15, 0.2) is 5.96 Å². The van der Waals surface area contributed by atoms with E-state index in [0.717, 1.165) is 49.0 Å². The number of aryl methyl sites for hydroxylation is 1. The number of ether oxygens (including phenoxy) is 2. The van der Waals surface area contributed by atoms with Gasteiger partial charge in [0.2, 0.25) is 0 Å². The summed E-state index contributed by atoms with van der Waals surface area (Å²) in [6, 6.07) is 16.7. The van der Waals surface area contributed by atoms with Gasteiger partial charge in [-0.15, -0.1) is 0 Å². The fourth-order valence-corrected chi connectivity index (χ4v) is 3.80. The molecule has 1 atom stereocenters. The summed E-state index contributed by atoms with van der Waals surface area (Å²) < 4.78 is 13.6. The summed E-state index contributed by atoms with van der Waals surface area (Å²) in [5, 5.41) is 11.2. The third kappa shape index (κ3) is 6.83. The van der Waals surface area contributed by atoms with Crippen LogP contribution >= 0.6 is 0 Å². The highest BCUT2D eigenvalue weighted by Crippen LogP contribution is 2.22. The Hall–Kier alpha value is -3.32. The molecule has 0 radical (unpaired) electrons.